The monoisotopic (exact) mass is 216 g/mol. The number of nitriles is 1. The van der Waals surface area contributed by atoms with Gasteiger partial charge in [0.1, 0.15) is 5.41 Å². The summed E-state index contributed by atoms with van der Waals surface area (Å²) in [6.07, 6.45) is 4.67. The minimum Gasteiger partial charge on any atom is -0.308 e. The van der Waals surface area contributed by atoms with Gasteiger partial charge >= 0.3 is 0 Å². The van der Waals surface area contributed by atoms with Crippen LogP contribution in [0.4, 0.5) is 5.82 Å². The first-order valence-corrected chi connectivity index (χ1v) is 5.27. The Morgan fingerprint density at radius 3 is 2.81 bits per heavy atom. The molecule has 0 aliphatic heterocycles. The molecule has 0 saturated heterocycles. The fourth-order valence-electron chi connectivity index (χ4n) is 1.97. The smallest absolute Gasteiger partial charge is 0.246 e. The van der Waals surface area contributed by atoms with Gasteiger partial charge in [-0.25, -0.2) is 0 Å². The van der Waals surface area contributed by atoms with E-state index in [4.69, 9.17) is 5.26 Å². The topological polar surface area (TPSA) is 78.7 Å². The second kappa shape index (κ2) is 4.27. The van der Waals surface area contributed by atoms with Crippen molar-refractivity contribution in [3.63, 3.8) is 0 Å². The molecule has 5 heteroatoms. The molecule has 0 radical (unpaired) electrons. The lowest BCUT2D eigenvalue weighted by Crippen LogP contribution is -2.32. The maximum Gasteiger partial charge on any atom is 0.246 e. The molecule has 1 aliphatic carbocycles. The molecule has 1 N–H and O–H groups in total. The Balaban J connectivity index is 2.11. The van der Waals surface area contributed by atoms with Crippen molar-refractivity contribution in [2.24, 2.45) is 5.41 Å². The van der Waals surface area contributed by atoms with E-state index >= 15 is 0 Å². The number of aromatic nitrogens is 2. The molecule has 2 rings (SSSR count). The van der Waals surface area contributed by atoms with Crippen molar-refractivity contribution in [3.05, 3.63) is 18.3 Å². The Hall–Kier alpha value is -1.96. The number of hydrogen-bond donors (Lipinski definition) is 1. The van der Waals surface area contributed by atoms with E-state index in [0.717, 1.165) is 12.8 Å². The normalized spacial score (nSPS) is 17.7. The van der Waals surface area contributed by atoms with E-state index in [9.17, 15) is 4.79 Å². The Kier molecular flexibility index (Phi) is 2.82. The molecule has 1 heterocycles. The lowest BCUT2D eigenvalue weighted by molar-refractivity contribution is -0.122. The van der Waals surface area contributed by atoms with Gasteiger partial charge in [-0.05, 0) is 25.0 Å². The highest BCUT2D eigenvalue weighted by atomic mass is 16.2. The summed E-state index contributed by atoms with van der Waals surface area (Å²) < 4.78 is 0. The van der Waals surface area contributed by atoms with Crippen LogP contribution in [0.2, 0.25) is 0 Å². The summed E-state index contributed by atoms with van der Waals surface area (Å²) in [5.74, 6) is 0.141. The van der Waals surface area contributed by atoms with E-state index < -0.39 is 5.41 Å². The number of nitrogens with one attached hydrogen (secondary N) is 1. The van der Waals surface area contributed by atoms with E-state index in [1.807, 2.05) is 0 Å². The van der Waals surface area contributed by atoms with Crippen LogP contribution < -0.4 is 5.32 Å². The minimum absolute atomic E-state index is 0.256. The van der Waals surface area contributed by atoms with Crippen LogP contribution in [0.25, 0.3) is 0 Å². The number of amides is 1. The number of carbonyl (C=O) groups is 1. The van der Waals surface area contributed by atoms with Crippen LogP contribution in [-0.2, 0) is 4.79 Å². The summed E-state index contributed by atoms with van der Waals surface area (Å²) >= 11 is 0. The van der Waals surface area contributed by atoms with Crippen molar-refractivity contribution in [2.75, 3.05) is 5.32 Å². The van der Waals surface area contributed by atoms with Crippen LogP contribution in [-0.4, -0.2) is 16.1 Å². The first-order valence-electron chi connectivity index (χ1n) is 5.27. The molecule has 1 aromatic heterocycles. The third-order valence-corrected chi connectivity index (χ3v) is 2.92. The minimum atomic E-state index is -0.864. The van der Waals surface area contributed by atoms with Crippen molar-refractivity contribution < 1.29 is 4.79 Å². The Morgan fingerprint density at radius 2 is 2.25 bits per heavy atom. The van der Waals surface area contributed by atoms with E-state index in [1.165, 1.54) is 6.20 Å². The number of anilines is 1. The zero-order valence-corrected chi connectivity index (χ0v) is 8.81. The van der Waals surface area contributed by atoms with Crippen molar-refractivity contribution in [1.29, 1.82) is 5.26 Å². The molecule has 82 valence electrons. The number of rotatable bonds is 2. The van der Waals surface area contributed by atoms with Gasteiger partial charge in [0.2, 0.25) is 5.91 Å². The van der Waals surface area contributed by atoms with Crippen molar-refractivity contribution in [1.82, 2.24) is 10.2 Å². The predicted molar refractivity (Wildman–Crippen MR) is 57.2 cm³/mol. The highest BCUT2D eigenvalue weighted by molar-refractivity contribution is 5.96. The van der Waals surface area contributed by atoms with Gasteiger partial charge in [0.05, 0.1) is 6.07 Å². The molecule has 1 aromatic rings. The summed E-state index contributed by atoms with van der Waals surface area (Å²) in [5, 5.41) is 19.2. The number of nitrogens with zero attached hydrogens (tertiary/aromatic N) is 3. The lowest BCUT2D eigenvalue weighted by atomic mass is 9.87. The second-order valence-electron chi connectivity index (χ2n) is 3.96. The van der Waals surface area contributed by atoms with Gasteiger partial charge in [0, 0.05) is 6.20 Å². The standard InChI is InChI=1S/C11H12N4O/c12-8-11(5-1-2-6-11)10(16)14-9-4-3-7-13-15-9/h3-4,7H,1-2,5-6H2,(H,14,15,16). The van der Waals surface area contributed by atoms with Gasteiger partial charge in [0.15, 0.2) is 5.82 Å². The van der Waals surface area contributed by atoms with Gasteiger partial charge in [-0.2, -0.15) is 10.4 Å². The molecule has 0 spiro atoms. The highest BCUT2D eigenvalue weighted by Gasteiger charge is 2.41. The van der Waals surface area contributed by atoms with Gasteiger partial charge in [-0.1, -0.05) is 12.8 Å². The first kappa shape index (κ1) is 10.6. The molecule has 0 atom stereocenters. The van der Waals surface area contributed by atoms with Crippen LogP contribution in [0.1, 0.15) is 25.7 Å². The number of hydrogen-bond acceptors (Lipinski definition) is 4. The summed E-state index contributed by atoms with van der Waals surface area (Å²) in [4.78, 5) is 12.0. The molecule has 16 heavy (non-hydrogen) atoms. The Morgan fingerprint density at radius 1 is 1.50 bits per heavy atom. The summed E-state index contributed by atoms with van der Waals surface area (Å²) in [6.45, 7) is 0. The number of carbonyl (C=O) groups excluding carboxylic acids is 1. The Bertz CT molecular complexity index is 417. The van der Waals surface area contributed by atoms with Gasteiger partial charge in [0.25, 0.3) is 0 Å². The van der Waals surface area contributed by atoms with Crippen LogP contribution in [0, 0.1) is 16.7 Å². The maximum absolute atomic E-state index is 12.0. The van der Waals surface area contributed by atoms with Crippen LogP contribution in [0.15, 0.2) is 18.3 Å². The fraction of sp³-hybridized carbons (Fsp3) is 0.455. The zero-order chi connectivity index (χ0) is 11.4. The van der Waals surface area contributed by atoms with Crippen LogP contribution >= 0.6 is 0 Å². The van der Waals surface area contributed by atoms with Crippen LogP contribution in [0.5, 0.6) is 0 Å². The Labute approximate surface area is 93.5 Å². The average molecular weight is 216 g/mol. The third kappa shape index (κ3) is 1.87. The average Bonchev–Trinajstić information content (AvgIpc) is 2.80. The SMILES string of the molecule is N#CC1(C(=O)Nc2cccnn2)CCCC1. The molecular formula is C11H12N4O. The molecule has 1 aliphatic rings. The van der Waals surface area contributed by atoms with E-state index in [2.05, 4.69) is 21.6 Å². The van der Waals surface area contributed by atoms with Gasteiger partial charge in [-0.3, -0.25) is 4.79 Å². The van der Waals surface area contributed by atoms with Gasteiger partial charge in [-0.15, -0.1) is 5.10 Å². The quantitative estimate of drug-likeness (QED) is 0.812. The molecule has 1 saturated carbocycles. The molecule has 1 fully saturated rings. The third-order valence-electron chi connectivity index (χ3n) is 2.92. The fourth-order valence-corrected chi connectivity index (χ4v) is 1.97. The highest BCUT2D eigenvalue weighted by Crippen LogP contribution is 2.38. The molecular weight excluding hydrogens is 204 g/mol. The predicted octanol–water partition coefficient (Wildman–Crippen LogP) is 1.50. The summed E-state index contributed by atoms with van der Waals surface area (Å²) in [5.41, 5.74) is -0.864. The molecule has 5 nitrogen and oxygen atoms in total. The largest absolute Gasteiger partial charge is 0.308 e. The van der Waals surface area contributed by atoms with Crippen molar-refractivity contribution in [3.8, 4) is 6.07 Å². The van der Waals surface area contributed by atoms with E-state index in [-0.39, 0.29) is 5.91 Å². The molecule has 0 bridgehead atoms. The molecule has 1 amide bonds. The van der Waals surface area contributed by atoms with Crippen molar-refractivity contribution in [2.45, 2.75) is 25.7 Å². The second-order valence-corrected chi connectivity index (χ2v) is 3.96. The summed E-state index contributed by atoms with van der Waals surface area (Å²) in [7, 11) is 0. The van der Waals surface area contributed by atoms with E-state index in [0.29, 0.717) is 18.7 Å². The lowest BCUT2D eigenvalue weighted by Gasteiger charge is -2.18. The van der Waals surface area contributed by atoms with Gasteiger partial charge < -0.3 is 5.32 Å². The first-order chi connectivity index (χ1) is 7.77. The zero-order valence-electron chi connectivity index (χ0n) is 8.81. The van der Waals surface area contributed by atoms with E-state index in [1.54, 1.807) is 12.1 Å². The van der Waals surface area contributed by atoms with Crippen LogP contribution in [0.3, 0.4) is 0 Å². The van der Waals surface area contributed by atoms with Crippen molar-refractivity contribution >= 4 is 11.7 Å². The summed E-state index contributed by atoms with van der Waals surface area (Å²) in [6, 6.07) is 5.49. The molecule has 0 unspecified atom stereocenters. The maximum atomic E-state index is 12.0. The molecule has 0 aromatic carbocycles.